The summed E-state index contributed by atoms with van der Waals surface area (Å²) in [7, 11) is 0. The van der Waals surface area contributed by atoms with Gasteiger partial charge in [-0.25, -0.2) is 9.37 Å². The minimum Gasteiger partial charge on any atom is -0.323 e. The van der Waals surface area contributed by atoms with E-state index in [2.05, 4.69) is 10.3 Å². The molecule has 0 aliphatic heterocycles. The summed E-state index contributed by atoms with van der Waals surface area (Å²) in [5.74, 6) is -0.698. The van der Waals surface area contributed by atoms with E-state index in [1.54, 1.807) is 30.4 Å². The van der Waals surface area contributed by atoms with Crippen molar-refractivity contribution in [3.8, 4) is 9.88 Å². The van der Waals surface area contributed by atoms with E-state index in [9.17, 15) is 9.18 Å². The number of amides is 1. The van der Waals surface area contributed by atoms with Gasteiger partial charge in [0, 0.05) is 5.38 Å². The van der Waals surface area contributed by atoms with Gasteiger partial charge in [0.15, 0.2) is 0 Å². The molecule has 1 N–H and O–H groups in total. The van der Waals surface area contributed by atoms with Gasteiger partial charge >= 0.3 is 0 Å². The smallest absolute Gasteiger partial charge is 0.230 e. The van der Waals surface area contributed by atoms with E-state index in [0.29, 0.717) is 5.69 Å². The number of hydrogen-bond donors (Lipinski definition) is 1. The third-order valence-corrected chi connectivity index (χ3v) is 4.95. The van der Waals surface area contributed by atoms with E-state index in [4.69, 9.17) is 0 Å². The molecule has 1 amide bonds. The second kappa shape index (κ2) is 6.37. The fourth-order valence-electron chi connectivity index (χ4n) is 1.98. The van der Waals surface area contributed by atoms with Gasteiger partial charge in [0.05, 0.1) is 22.7 Å². The van der Waals surface area contributed by atoms with Crippen molar-refractivity contribution in [3.63, 3.8) is 0 Å². The van der Waals surface area contributed by atoms with Crippen LogP contribution in [0.5, 0.6) is 0 Å². The lowest BCUT2D eigenvalue weighted by Gasteiger charge is -2.06. The number of hydrogen-bond acceptors (Lipinski definition) is 4. The highest BCUT2D eigenvalue weighted by Crippen LogP contribution is 2.28. The Kier molecular flexibility index (Phi) is 4.31. The van der Waals surface area contributed by atoms with Crippen LogP contribution in [0.1, 0.15) is 11.3 Å². The molecule has 22 heavy (non-hydrogen) atoms. The van der Waals surface area contributed by atoms with E-state index in [1.807, 2.05) is 22.9 Å². The van der Waals surface area contributed by atoms with Crippen molar-refractivity contribution in [2.45, 2.75) is 13.3 Å². The number of aryl methyl sites for hydroxylation is 1. The van der Waals surface area contributed by atoms with E-state index < -0.39 is 5.82 Å². The van der Waals surface area contributed by atoms with Gasteiger partial charge in [-0.2, -0.15) is 0 Å². The predicted octanol–water partition coefficient (Wildman–Crippen LogP) is 4.50. The largest absolute Gasteiger partial charge is 0.323 e. The normalized spacial score (nSPS) is 10.6. The maximum absolute atomic E-state index is 13.7. The number of carbonyl (C=O) groups is 1. The lowest BCUT2D eigenvalue weighted by Crippen LogP contribution is -2.15. The van der Waals surface area contributed by atoms with Gasteiger partial charge in [0.2, 0.25) is 5.91 Å². The Morgan fingerprint density at radius 1 is 1.32 bits per heavy atom. The summed E-state index contributed by atoms with van der Waals surface area (Å²) in [6, 6.07) is 8.69. The Balaban J connectivity index is 1.67. The minimum atomic E-state index is -0.425. The van der Waals surface area contributed by atoms with Gasteiger partial charge in [0.25, 0.3) is 0 Å². The Morgan fingerprint density at radius 2 is 2.18 bits per heavy atom. The van der Waals surface area contributed by atoms with Crippen molar-refractivity contribution in [3.05, 3.63) is 58.2 Å². The first kappa shape index (κ1) is 14.9. The molecule has 0 spiro atoms. The van der Waals surface area contributed by atoms with Crippen molar-refractivity contribution < 1.29 is 9.18 Å². The standard InChI is InChI=1S/C16H13FN2OS2/c1-10-4-5-13(12(17)7-10)19-15(20)8-11-9-22-16(18-11)14-3-2-6-21-14/h2-7,9H,8H2,1H3,(H,19,20). The molecule has 0 atom stereocenters. The Hall–Kier alpha value is -2.05. The monoisotopic (exact) mass is 332 g/mol. The van der Waals surface area contributed by atoms with E-state index in [0.717, 1.165) is 15.4 Å². The highest BCUT2D eigenvalue weighted by atomic mass is 32.1. The Bertz CT molecular complexity index is 796. The molecule has 3 nitrogen and oxygen atoms in total. The summed E-state index contributed by atoms with van der Waals surface area (Å²) in [6.45, 7) is 1.80. The van der Waals surface area contributed by atoms with Crippen LogP contribution < -0.4 is 5.32 Å². The van der Waals surface area contributed by atoms with E-state index in [1.165, 1.54) is 17.4 Å². The summed E-state index contributed by atoms with van der Waals surface area (Å²) in [6.07, 6.45) is 0.134. The van der Waals surface area contributed by atoms with Crippen LogP contribution >= 0.6 is 22.7 Å². The lowest BCUT2D eigenvalue weighted by molar-refractivity contribution is -0.115. The summed E-state index contributed by atoms with van der Waals surface area (Å²) < 4.78 is 13.7. The fourth-order valence-corrected chi connectivity index (χ4v) is 3.62. The first-order chi connectivity index (χ1) is 10.6. The molecule has 0 unspecified atom stereocenters. The zero-order chi connectivity index (χ0) is 15.5. The highest BCUT2D eigenvalue weighted by molar-refractivity contribution is 7.20. The molecule has 112 valence electrons. The highest BCUT2D eigenvalue weighted by Gasteiger charge is 2.11. The van der Waals surface area contributed by atoms with Crippen LogP contribution in [0.4, 0.5) is 10.1 Å². The lowest BCUT2D eigenvalue weighted by atomic mass is 10.2. The molecule has 3 aromatic rings. The average molecular weight is 332 g/mol. The summed E-state index contributed by atoms with van der Waals surface area (Å²) in [5.41, 5.74) is 1.71. The van der Waals surface area contributed by atoms with Gasteiger partial charge in [-0.1, -0.05) is 12.1 Å². The van der Waals surface area contributed by atoms with Gasteiger partial charge in [-0.3, -0.25) is 4.79 Å². The maximum Gasteiger partial charge on any atom is 0.230 e. The third kappa shape index (κ3) is 3.40. The molecule has 2 aromatic heterocycles. The van der Waals surface area contributed by atoms with Crippen molar-refractivity contribution >= 4 is 34.3 Å². The van der Waals surface area contributed by atoms with E-state index >= 15 is 0 Å². The van der Waals surface area contributed by atoms with Crippen LogP contribution in [0, 0.1) is 12.7 Å². The number of anilines is 1. The molecular weight excluding hydrogens is 319 g/mol. The van der Waals surface area contributed by atoms with Crippen LogP contribution in [0.15, 0.2) is 41.1 Å². The zero-order valence-electron chi connectivity index (χ0n) is 11.8. The molecule has 3 rings (SSSR count). The third-order valence-electron chi connectivity index (χ3n) is 3.02. The Labute approximate surface area is 135 Å². The first-order valence-corrected chi connectivity index (χ1v) is 8.42. The molecule has 0 radical (unpaired) electrons. The van der Waals surface area contributed by atoms with Gasteiger partial charge < -0.3 is 5.32 Å². The van der Waals surface area contributed by atoms with Gasteiger partial charge in [0.1, 0.15) is 10.8 Å². The molecule has 2 heterocycles. The molecule has 0 fully saturated rings. The van der Waals surface area contributed by atoms with Crippen LogP contribution in [-0.4, -0.2) is 10.9 Å². The van der Waals surface area contributed by atoms with Gasteiger partial charge in [-0.05, 0) is 36.1 Å². The molecule has 0 saturated heterocycles. The van der Waals surface area contributed by atoms with Crippen LogP contribution in [-0.2, 0) is 11.2 Å². The molecule has 1 aromatic carbocycles. The van der Waals surface area contributed by atoms with Crippen molar-refractivity contribution in [2.75, 3.05) is 5.32 Å². The van der Waals surface area contributed by atoms with Crippen LogP contribution in [0.2, 0.25) is 0 Å². The number of rotatable bonds is 4. The summed E-state index contributed by atoms with van der Waals surface area (Å²) in [5, 5.41) is 7.34. The summed E-state index contributed by atoms with van der Waals surface area (Å²) in [4.78, 5) is 17.5. The maximum atomic E-state index is 13.7. The topological polar surface area (TPSA) is 42.0 Å². The molecule has 0 aliphatic carbocycles. The minimum absolute atomic E-state index is 0.134. The molecule has 0 saturated carbocycles. The van der Waals surface area contributed by atoms with Crippen LogP contribution in [0.25, 0.3) is 9.88 Å². The fraction of sp³-hybridized carbons (Fsp3) is 0.125. The molecule has 0 bridgehead atoms. The summed E-state index contributed by atoms with van der Waals surface area (Å²) >= 11 is 3.12. The SMILES string of the molecule is Cc1ccc(NC(=O)Cc2csc(-c3cccs3)n2)c(F)c1. The molecule has 0 aliphatic rings. The first-order valence-electron chi connectivity index (χ1n) is 6.66. The van der Waals surface area contributed by atoms with E-state index in [-0.39, 0.29) is 18.0 Å². The predicted molar refractivity (Wildman–Crippen MR) is 88.9 cm³/mol. The van der Waals surface area contributed by atoms with Crippen molar-refractivity contribution in [1.29, 1.82) is 0 Å². The second-order valence-electron chi connectivity index (χ2n) is 4.83. The zero-order valence-corrected chi connectivity index (χ0v) is 13.4. The molecule has 6 heteroatoms. The number of aromatic nitrogens is 1. The number of nitrogens with zero attached hydrogens (tertiary/aromatic N) is 1. The Morgan fingerprint density at radius 3 is 2.91 bits per heavy atom. The molecular formula is C16H13FN2OS2. The number of halogens is 1. The number of carbonyl (C=O) groups excluding carboxylic acids is 1. The second-order valence-corrected chi connectivity index (χ2v) is 6.64. The van der Waals surface area contributed by atoms with Crippen molar-refractivity contribution in [1.82, 2.24) is 4.98 Å². The average Bonchev–Trinajstić information content (AvgIpc) is 3.12. The van der Waals surface area contributed by atoms with Crippen LogP contribution in [0.3, 0.4) is 0 Å². The number of benzene rings is 1. The van der Waals surface area contributed by atoms with Gasteiger partial charge in [-0.15, -0.1) is 22.7 Å². The number of nitrogens with one attached hydrogen (secondary N) is 1. The quantitative estimate of drug-likeness (QED) is 0.764. The van der Waals surface area contributed by atoms with Crippen molar-refractivity contribution in [2.24, 2.45) is 0 Å². The number of thiazole rings is 1. The number of thiophene rings is 1.